The number of nitrogens with zero attached hydrogens (tertiary/aromatic N) is 4. The predicted octanol–water partition coefficient (Wildman–Crippen LogP) is 2.57. The molecule has 0 amide bonds. The van der Waals surface area contributed by atoms with Crippen LogP contribution in [0.25, 0.3) is 10.2 Å². The quantitative estimate of drug-likeness (QED) is 0.725. The molecule has 0 bridgehead atoms. The Bertz CT molecular complexity index is 736. The Balaban J connectivity index is 1.60. The van der Waals surface area contributed by atoms with Gasteiger partial charge in [0.15, 0.2) is 5.13 Å². The van der Waals surface area contributed by atoms with Gasteiger partial charge in [-0.3, -0.25) is 0 Å². The first kappa shape index (κ1) is 12.7. The first-order valence-corrected chi connectivity index (χ1v) is 7.63. The van der Waals surface area contributed by atoms with E-state index in [2.05, 4.69) is 21.1 Å². The lowest BCUT2D eigenvalue weighted by atomic mass is 10.2. The van der Waals surface area contributed by atoms with E-state index in [1.165, 1.54) is 4.70 Å². The normalized spacial score (nSPS) is 19.3. The standard InChI is InChI=1S/C14H14N4O2S/c1-9-15-13(17-20-9)11-8-18(6-7-19-11)14-16-10-4-2-3-5-12(10)21-14/h2-5,11H,6-8H2,1H3/t11-/m1/s1. The van der Waals surface area contributed by atoms with E-state index < -0.39 is 0 Å². The lowest BCUT2D eigenvalue weighted by Gasteiger charge is -2.31. The van der Waals surface area contributed by atoms with E-state index in [4.69, 9.17) is 14.2 Å². The molecule has 1 aliphatic heterocycles. The molecule has 0 radical (unpaired) electrons. The summed E-state index contributed by atoms with van der Waals surface area (Å²) in [5.41, 5.74) is 1.04. The maximum absolute atomic E-state index is 5.75. The van der Waals surface area contributed by atoms with Crippen molar-refractivity contribution in [3.63, 3.8) is 0 Å². The topological polar surface area (TPSA) is 64.3 Å². The van der Waals surface area contributed by atoms with Crippen LogP contribution in [0, 0.1) is 6.92 Å². The molecule has 1 aromatic carbocycles. The van der Waals surface area contributed by atoms with Gasteiger partial charge in [0.1, 0.15) is 6.10 Å². The SMILES string of the molecule is Cc1nc([C@H]2CN(c3nc4ccccc4s3)CCO2)no1. The number of anilines is 1. The summed E-state index contributed by atoms with van der Waals surface area (Å²) < 4.78 is 12.0. The van der Waals surface area contributed by atoms with Gasteiger partial charge in [-0.1, -0.05) is 28.6 Å². The van der Waals surface area contributed by atoms with Crippen molar-refractivity contribution in [2.45, 2.75) is 13.0 Å². The zero-order valence-electron chi connectivity index (χ0n) is 11.5. The Morgan fingerprint density at radius 3 is 3.00 bits per heavy atom. The summed E-state index contributed by atoms with van der Waals surface area (Å²) in [7, 11) is 0. The molecule has 0 saturated carbocycles. The van der Waals surface area contributed by atoms with Crippen molar-refractivity contribution in [2.24, 2.45) is 0 Å². The number of para-hydroxylation sites is 1. The Labute approximate surface area is 125 Å². The minimum Gasteiger partial charge on any atom is -0.366 e. The molecule has 3 heterocycles. The van der Waals surface area contributed by atoms with Gasteiger partial charge in [-0.15, -0.1) is 0 Å². The average molecular weight is 302 g/mol. The minimum absolute atomic E-state index is 0.164. The molecule has 1 atom stereocenters. The molecule has 0 spiro atoms. The number of aryl methyl sites for hydroxylation is 1. The van der Waals surface area contributed by atoms with E-state index in [1.807, 2.05) is 18.2 Å². The van der Waals surface area contributed by atoms with Gasteiger partial charge in [0, 0.05) is 13.5 Å². The second-order valence-corrected chi connectivity index (χ2v) is 5.95. The number of benzene rings is 1. The number of morpholine rings is 1. The third kappa shape index (κ3) is 2.38. The molecule has 4 rings (SSSR count). The van der Waals surface area contributed by atoms with Crippen LogP contribution in [-0.2, 0) is 4.74 Å². The van der Waals surface area contributed by atoms with Gasteiger partial charge in [0.25, 0.3) is 0 Å². The van der Waals surface area contributed by atoms with Crippen molar-refractivity contribution in [3.05, 3.63) is 36.0 Å². The summed E-state index contributed by atoms with van der Waals surface area (Å²) >= 11 is 1.70. The molecular weight excluding hydrogens is 288 g/mol. The van der Waals surface area contributed by atoms with Gasteiger partial charge < -0.3 is 14.2 Å². The summed E-state index contributed by atoms with van der Waals surface area (Å²) in [6.07, 6.45) is -0.164. The monoisotopic (exact) mass is 302 g/mol. The van der Waals surface area contributed by atoms with Crippen LogP contribution in [0.15, 0.2) is 28.8 Å². The van der Waals surface area contributed by atoms with Crippen molar-refractivity contribution in [2.75, 3.05) is 24.6 Å². The van der Waals surface area contributed by atoms with Crippen LogP contribution in [0.1, 0.15) is 17.8 Å². The second-order valence-electron chi connectivity index (χ2n) is 4.94. The Morgan fingerprint density at radius 2 is 2.19 bits per heavy atom. The fraction of sp³-hybridized carbons (Fsp3) is 0.357. The average Bonchev–Trinajstić information content (AvgIpc) is 3.13. The highest BCUT2D eigenvalue weighted by molar-refractivity contribution is 7.22. The molecule has 0 unspecified atom stereocenters. The van der Waals surface area contributed by atoms with Crippen LogP contribution >= 0.6 is 11.3 Å². The van der Waals surface area contributed by atoms with Gasteiger partial charge in [-0.05, 0) is 12.1 Å². The van der Waals surface area contributed by atoms with Crippen LogP contribution in [0.4, 0.5) is 5.13 Å². The smallest absolute Gasteiger partial charge is 0.223 e. The number of hydrogen-bond donors (Lipinski definition) is 0. The summed E-state index contributed by atoms with van der Waals surface area (Å²) in [6.45, 7) is 3.94. The van der Waals surface area contributed by atoms with Crippen molar-refractivity contribution in [1.82, 2.24) is 15.1 Å². The third-order valence-corrected chi connectivity index (χ3v) is 4.55. The van der Waals surface area contributed by atoms with Crippen molar-refractivity contribution < 1.29 is 9.26 Å². The minimum atomic E-state index is -0.164. The number of ether oxygens (including phenoxy) is 1. The van der Waals surface area contributed by atoms with Crippen LogP contribution < -0.4 is 4.90 Å². The number of thiazole rings is 1. The molecule has 1 aliphatic rings. The van der Waals surface area contributed by atoms with Crippen molar-refractivity contribution in [1.29, 1.82) is 0 Å². The van der Waals surface area contributed by atoms with Crippen LogP contribution in [0.3, 0.4) is 0 Å². The fourth-order valence-electron chi connectivity index (χ4n) is 2.42. The Hall–Kier alpha value is -1.99. The third-order valence-electron chi connectivity index (χ3n) is 3.45. The van der Waals surface area contributed by atoms with E-state index in [-0.39, 0.29) is 6.10 Å². The number of hydrogen-bond acceptors (Lipinski definition) is 7. The lowest BCUT2D eigenvalue weighted by Crippen LogP contribution is -2.38. The van der Waals surface area contributed by atoms with Crippen molar-refractivity contribution >= 4 is 26.7 Å². The van der Waals surface area contributed by atoms with E-state index in [0.29, 0.717) is 24.9 Å². The molecule has 0 aliphatic carbocycles. The van der Waals surface area contributed by atoms with E-state index in [9.17, 15) is 0 Å². The second kappa shape index (κ2) is 5.09. The number of fused-ring (bicyclic) bond motifs is 1. The number of rotatable bonds is 2. The van der Waals surface area contributed by atoms with Crippen LogP contribution in [-0.4, -0.2) is 34.8 Å². The maximum Gasteiger partial charge on any atom is 0.223 e. The van der Waals surface area contributed by atoms with Gasteiger partial charge >= 0.3 is 0 Å². The predicted molar refractivity (Wildman–Crippen MR) is 79.6 cm³/mol. The van der Waals surface area contributed by atoms with Gasteiger partial charge in [-0.25, -0.2) is 4.98 Å². The lowest BCUT2D eigenvalue weighted by molar-refractivity contribution is 0.0326. The summed E-state index contributed by atoms with van der Waals surface area (Å²) in [5.74, 6) is 1.17. The summed E-state index contributed by atoms with van der Waals surface area (Å²) in [6, 6.07) is 8.18. The van der Waals surface area contributed by atoms with Crippen LogP contribution in [0.5, 0.6) is 0 Å². The molecule has 1 saturated heterocycles. The molecule has 2 aromatic heterocycles. The van der Waals surface area contributed by atoms with E-state index in [0.717, 1.165) is 17.2 Å². The summed E-state index contributed by atoms with van der Waals surface area (Å²) in [4.78, 5) is 11.2. The largest absolute Gasteiger partial charge is 0.366 e. The Kier molecular flexibility index (Phi) is 3.08. The molecule has 1 fully saturated rings. The van der Waals surface area contributed by atoms with Gasteiger partial charge in [0.2, 0.25) is 11.7 Å². The molecule has 7 heteroatoms. The number of aromatic nitrogens is 3. The molecule has 108 valence electrons. The molecule has 21 heavy (non-hydrogen) atoms. The first-order valence-electron chi connectivity index (χ1n) is 6.82. The highest BCUT2D eigenvalue weighted by Gasteiger charge is 2.27. The van der Waals surface area contributed by atoms with Crippen LogP contribution in [0.2, 0.25) is 0 Å². The fourth-order valence-corrected chi connectivity index (χ4v) is 3.42. The molecule has 0 N–H and O–H groups in total. The molecule has 6 nitrogen and oxygen atoms in total. The van der Waals surface area contributed by atoms with Gasteiger partial charge in [0.05, 0.1) is 23.4 Å². The van der Waals surface area contributed by atoms with E-state index >= 15 is 0 Å². The zero-order chi connectivity index (χ0) is 14.2. The summed E-state index contributed by atoms with van der Waals surface area (Å²) in [5, 5.41) is 4.97. The van der Waals surface area contributed by atoms with Crippen molar-refractivity contribution in [3.8, 4) is 0 Å². The Morgan fingerprint density at radius 1 is 1.29 bits per heavy atom. The highest BCUT2D eigenvalue weighted by Crippen LogP contribution is 2.31. The van der Waals surface area contributed by atoms with Gasteiger partial charge in [-0.2, -0.15) is 4.98 Å². The maximum atomic E-state index is 5.75. The highest BCUT2D eigenvalue weighted by atomic mass is 32.1. The first-order chi connectivity index (χ1) is 10.3. The molecule has 3 aromatic rings. The zero-order valence-corrected chi connectivity index (χ0v) is 12.3. The van der Waals surface area contributed by atoms with E-state index in [1.54, 1.807) is 18.3 Å². The molecular formula is C14H14N4O2S.